The molecule has 2 N–H and O–H groups in total. The fourth-order valence-electron chi connectivity index (χ4n) is 0.726. The van der Waals surface area contributed by atoms with E-state index in [1.807, 2.05) is 12.3 Å². The zero-order valence-corrected chi connectivity index (χ0v) is 9.26. The average Bonchev–Trinajstić information content (AvgIpc) is 2.05. The summed E-state index contributed by atoms with van der Waals surface area (Å²) in [4.78, 5) is 4.02. The predicted molar refractivity (Wildman–Crippen MR) is 55.1 cm³/mol. The van der Waals surface area contributed by atoms with Gasteiger partial charge in [0, 0.05) is 24.3 Å². The Morgan fingerprint density at radius 1 is 1.36 bits per heavy atom. The van der Waals surface area contributed by atoms with Gasteiger partial charge in [-0.25, -0.2) is 0 Å². The van der Waals surface area contributed by atoms with Gasteiger partial charge in [0.2, 0.25) is 0 Å². The molecule has 0 aromatic carbocycles. The first-order chi connectivity index (χ1) is 4.86. The second-order valence-corrected chi connectivity index (χ2v) is 2.60. The second-order valence-electron chi connectivity index (χ2n) is 2.04. The van der Waals surface area contributed by atoms with E-state index in [-0.39, 0.29) is 17.0 Å². The molecule has 0 unspecified atom stereocenters. The molecule has 0 radical (unpaired) electrons. The smallest absolute Gasteiger partial charge is 0.0312 e. The number of pyridine rings is 1. The third-order valence-corrected chi connectivity index (χ3v) is 1.89. The first kappa shape index (κ1) is 11.1. The molecule has 0 atom stereocenters. The molecule has 2 nitrogen and oxygen atoms in total. The van der Waals surface area contributed by atoms with Crippen LogP contribution in [0.4, 0.5) is 0 Å². The van der Waals surface area contributed by atoms with Crippen LogP contribution in [0.1, 0.15) is 11.1 Å². The highest BCUT2D eigenvalue weighted by Crippen LogP contribution is 2.05. The van der Waals surface area contributed by atoms with Crippen molar-refractivity contribution in [2.75, 3.05) is 0 Å². The van der Waals surface area contributed by atoms with Crippen molar-refractivity contribution in [3.8, 4) is 0 Å². The van der Waals surface area contributed by atoms with Crippen molar-refractivity contribution in [1.82, 2.24) is 4.98 Å². The number of rotatable bonds is 2. The summed E-state index contributed by atoms with van der Waals surface area (Å²) < 4.78 is 0. The van der Waals surface area contributed by atoms with E-state index in [1.54, 1.807) is 6.20 Å². The minimum absolute atomic E-state index is 0. The topological polar surface area (TPSA) is 38.9 Å². The lowest BCUT2D eigenvalue weighted by molar-refractivity contribution is 1.04. The second kappa shape index (κ2) is 5.69. The molecule has 0 aliphatic heterocycles. The van der Waals surface area contributed by atoms with Crippen molar-refractivity contribution >= 4 is 32.9 Å². The van der Waals surface area contributed by atoms with Crippen LogP contribution < -0.4 is 5.73 Å². The highest BCUT2D eigenvalue weighted by Gasteiger charge is 1.91. The van der Waals surface area contributed by atoms with Crippen molar-refractivity contribution in [2.45, 2.75) is 11.9 Å². The van der Waals surface area contributed by atoms with Gasteiger partial charge >= 0.3 is 0 Å². The van der Waals surface area contributed by atoms with Gasteiger partial charge in [-0.2, -0.15) is 0 Å². The Morgan fingerprint density at radius 2 is 2.00 bits per heavy atom. The lowest BCUT2D eigenvalue weighted by Gasteiger charge is -1.97. The van der Waals surface area contributed by atoms with E-state index >= 15 is 0 Å². The Labute approximate surface area is 85.1 Å². The minimum atomic E-state index is 0. The van der Waals surface area contributed by atoms with Crippen molar-refractivity contribution in [2.24, 2.45) is 5.73 Å². The molecule has 11 heavy (non-hydrogen) atoms. The fourth-order valence-corrected chi connectivity index (χ4v) is 1.03. The highest BCUT2D eigenvalue weighted by molar-refractivity contribution is 9.08. The predicted octanol–water partition coefficient (Wildman–Crippen LogP) is 2.01. The van der Waals surface area contributed by atoms with Crippen LogP contribution in [0.2, 0.25) is 0 Å². The maximum Gasteiger partial charge on any atom is 0.0312 e. The zero-order valence-electron chi connectivity index (χ0n) is 5.96. The Hall–Kier alpha value is 0.0700. The van der Waals surface area contributed by atoms with Crippen LogP contribution in [0.25, 0.3) is 0 Å². The Balaban J connectivity index is 0.000001000. The van der Waals surface area contributed by atoms with Crippen molar-refractivity contribution in [3.05, 3.63) is 29.6 Å². The number of nitrogens with zero attached hydrogens (tertiary/aromatic N) is 1. The van der Waals surface area contributed by atoms with E-state index in [0.717, 1.165) is 10.9 Å². The van der Waals surface area contributed by atoms with Gasteiger partial charge in [-0.1, -0.05) is 22.0 Å². The molecule has 0 saturated heterocycles. The molecule has 0 aliphatic rings. The molecule has 0 aliphatic carbocycles. The molecule has 0 fully saturated rings. The van der Waals surface area contributed by atoms with Crippen LogP contribution in [0, 0.1) is 0 Å². The van der Waals surface area contributed by atoms with Crippen LogP contribution in [-0.4, -0.2) is 4.98 Å². The Morgan fingerprint density at radius 3 is 2.55 bits per heavy atom. The fraction of sp³-hybridized carbons (Fsp3) is 0.286. The molecule has 1 rings (SSSR count). The summed E-state index contributed by atoms with van der Waals surface area (Å²) in [5, 5.41) is 0.841. The number of nitrogens with two attached hydrogens (primary N) is 1. The number of aromatic nitrogens is 1. The molecule has 0 amide bonds. The van der Waals surface area contributed by atoms with E-state index < -0.39 is 0 Å². The first-order valence-electron chi connectivity index (χ1n) is 3.05. The molecule has 62 valence electrons. The SMILES string of the molecule is Br.NCc1cncc(CBr)c1. The molecule has 4 heteroatoms. The summed E-state index contributed by atoms with van der Waals surface area (Å²) in [5.41, 5.74) is 7.67. The molecule has 1 aromatic heterocycles. The largest absolute Gasteiger partial charge is 0.326 e. The van der Waals surface area contributed by atoms with Gasteiger partial charge in [0.05, 0.1) is 0 Å². The van der Waals surface area contributed by atoms with Gasteiger partial charge in [-0.15, -0.1) is 17.0 Å². The summed E-state index contributed by atoms with van der Waals surface area (Å²) in [6.07, 6.45) is 3.61. The number of alkyl halides is 1. The molecule has 1 heterocycles. The van der Waals surface area contributed by atoms with Crippen LogP contribution in [0.15, 0.2) is 18.5 Å². The highest BCUT2D eigenvalue weighted by atomic mass is 79.9. The maximum absolute atomic E-state index is 5.42. The quantitative estimate of drug-likeness (QED) is 0.843. The van der Waals surface area contributed by atoms with Gasteiger partial charge in [0.25, 0.3) is 0 Å². The number of halogens is 2. The van der Waals surface area contributed by atoms with Crippen LogP contribution >= 0.6 is 32.9 Å². The molecular weight excluding hydrogens is 272 g/mol. The number of hydrogen-bond acceptors (Lipinski definition) is 2. The Bertz CT molecular complexity index is 196. The summed E-state index contributed by atoms with van der Waals surface area (Å²) in [5.74, 6) is 0. The summed E-state index contributed by atoms with van der Waals surface area (Å²) in [6.45, 7) is 0.563. The summed E-state index contributed by atoms with van der Waals surface area (Å²) in [7, 11) is 0. The van der Waals surface area contributed by atoms with Crippen molar-refractivity contribution in [3.63, 3.8) is 0 Å². The van der Waals surface area contributed by atoms with Crippen molar-refractivity contribution in [1.29, 1.82) is 0 Å². The van der Waals surface area contributed by atoms with Gasteiger partial charge in [0.15, 0.2) is 0 Å². The van der Waals surface area contributed by atoms with Gasteiger partial charge in [-0.05, 0) is 11.1 Å². The maximum atomic E-state index is 5.42. The average molecular weight is 282 g/mol. The molecule has 0 bridgehead atoms. The summed E-state index contributed by atoms with van der Waals surface area (Å²) in [6, 6.07) is 2.04. The standard InChI is InChI=1S/C7H9BrN2.BrH/c8-2-6-1-7(3-9)5-10-4-6;/h1,4-5H,2-3,9H2;1H. The van der Waals surface area contributed by atoms with E-state index in [0.29, 0.717) is 6.54 Å². The van der Waals surface area contributed by atoms with Crippen LogP contribution in [-0.2, 0) is 11.9 Å². The normalized spacial score (nSPS) is 8.91. The van der Waals surface area contributed by atoms with E-state index in [2.05, 4.69) is 20.9 Å². The van der Waals surface area contributed by atoms with E-state index in [1.165, 1.54) is 5.56 Å². The minimum Gasteiger partial charge on any atom is -0.326 e. The first-order valence-corrected chi connectivity index (χ1v) is 4.18. The number of hydrogen-bond donors (Lipinski definition) is 1. The lowest BCUT2D eigenvalue weighted by atomic mass is 10.2. The van der Waals surface area contributed by atoms with Gasteiger partial charge in [-0.3, -0.25) is 4.98 Å². The molecule has 0 saturated carbocycles. The zero-order chi connectivity index (χ0) is 7.40. The van der Waals surface area contributed by atoms with Crippen LogP contribution in [0.3, 0.4) is 0 Å². The monoisotopic (exact) mass is 280 g/mol. The summed E-state index contributed by atoms with van der Waals surface area (Å²) >= 11 is 3.34. The third-order valence-electron chi connectivity index (χ3n) is 1.24. The van der Waals surface area contributed by atoms with E-state index in [9.17, 15) is 0 Å². The van der Waals surface area contributed by atoms with Crippen LogP contribution in [0.5, 0.6) is 0 Å². The van der Waals surface area contributed by atoms with Gasteiger partial charge in [0.1, 0.15) is 0 Å². The van der Waals surface area contributed by atoms with Crippen molar-refractivity contribution < 1.29 is 0 Å². The van der Waals surface area contributed by atoms with Gasteiger partial charge < -0.3 is 5.73 Å². The lowest BCUT2D eigenvalue weighted by Crippen LogP contribution is -1.97. The Kier molecular flexibility index (Phi) is 5.72. The van der Waals surface area contributed by atoms with E-state index in [4.69, 9.17) is 5.73 Å². The molecular formula is C7H10Br2N2. The molecule has 1 aromatic rings. The molecule has 0 spiro atoms. The third kappa shape index (κ3) is 3.31.